The third-order valence-electron chi connectivity index (χ3n) is 3.01. The van der Waals surface area contributed by atoms with Gasteiger partial charge in [0.25, 0.3) is 17.2 Å². The predicted molar refractivity (Wildman–Crippen MR) is 83.7 cm³/mol. The summed E-state index contributed by atoms with van der Waals surface area (Å²) in [4.78, 5) is 34.0. The van der Waals surface area contributed by atoms with Crippen molar-refractivity contribution in [2.75, 3.05) is 6.54 Å². The van der Waals surface area contributed by atoms with Crippen molar-refractivity contribution in [1.82, 2.24) is 15.1 Å². The van der Waals surface area contributed by atoms with Gasteiger partial charge in [-0.05, 0) is 25.1 Å². The van der Waals surface area contributed by atoms with Crippen molar-refractivity contribution in [2.45, 2.75) is 13.5 Å². The highest BCUT2D eigenvalue weighted by Gasteiger charge is 2.20. The van der Waals surface area contributed by atoms with Crippen LogP contribution < -0.4 is 10.9 Å². The average Bonchev–Trinajstić information content (AvgIpc) is 2.50. The minimum absolute atomic E-state index is 0.0961. The van der Waals surface area contributed by atoms with Gasteiger partial charge >= 0.3 is 0 Å². The number of aryl methyl sites for hydroxylation is 1. The summed E-state index contributed by atoms with van der Waals surface area (Å²) in [7, 11) is 0. The van der Waals surface area contributed by atoms with Crippen molar-refractivity contribution >= 4 is 23.2 Å². The molecule has 0 unspecified atom stereocenters. The lowest BCUT2D eigenvalue weighted by Gasteiger charge is -2.08. The van der Waals surface area contributed by atoms with E-state index >= 15 is 0 Å². The highest BCUT2D eigenvalue weighted by Crippen LogP contribution is 2.22. The quantitative estimate of drug-likeness (QED) is 0.658. The Bertz CT molecular complexity index is 819. The summed E-state index contributed by atoms with van der Waals surface area (Å²) in [6.07, 6.45) is 0. The number of carbonyl (C=O) groups excluding carboxylic acids is 1. The van der Waals surface area contributed by atoms with Crippen molar-refractivity contribution in [3.8, 4) is 0 Å². The lowest BCUT2D eigenvalue weighted by molar-refractivity contribution is -0.385. The van der Waals surface area contributed by atoms with Gasteiger partial charge in [0.15, 0.2) is 0 Å². The normalized spacial score (nSPS) is 10.3. The number of aromatic nitrogens is 2. The molecule has 8 nitrogen and oxygen atoms in total. The molecule has 1 aromatic heterocycles. The van der Waals surface area contributed by atoms with Crippen LogP contribution in [0.4, 0.5) is 5.69 Å². The summed E-state index contributed by atoms with van der Waals surface area (Å²) in [5, 5.41) is 17.7. The number of hydrogen-bond donors (Lipinski definition) is 1. The molecule has 0 atom stereocenters. The Labute approximate surface area is 135 Å². The van der Waals surface area contributed by atoms with Crippen LogP contribution in [0.5, 0.6) is 0 Å². The first-order valence-electron chi connectivity index (χ1n) is 6.65. The number of nitrogens with zero attached hydrogens (tertiary/aromatic N) is 3. The van der Waals surface area contributed by atoms with Gasteiger partial charge in [0, 0.05) is 23.7 Å². The molecule has 23 heavy (non-hydrogen) atoms. The monoisotopic (exact) mass is 336 g/mol. The molecule has 0 aliphatic rings. The maximum Gasteiger partial charge on any atom is 0.282 e. The summed E-state index contributed by atoms with van der Waals surface area (Å²) < 4.78 is 1.21. The molecule has 0 aliphatic carbocycles. The number of halogens is 1. The first-order chi connectivity index (χ1) is 10.9. The summed E-state index contributed by atoms with van der Waals surface area (Å²) in [5.41, 5.74) is -0.0928. The van der Waals surface area contributed by atoms with Crippen molar-refractivity contribution in [3.05, 3.63) is 67.1 Å². The fraction of sp³-hybridized carbons (Fsp3) is 0.214. The second kappa shape index (κ2) is 7.01. The van der Waals surface area contributed by atoms with Crippen LogP contribution in [0.3, 0.4) is 0 Å². The molecule has 9 heteroatoms. The van der Waals surface area contributed by atoms with Crippen LogP contribution in [-0.2, 0) is 6.54 Å². The van der Waals surface area contributed by atoms with Gasteiger partial charge in [0.1, 0.15) is 5.56 Å². The number of carbonyl (C=O) groups is 1. The van der Waals surface area contributed by atoms with Gasteiger partial charge in [0.05, 0.1) is 17.2 Å². The van der Waals surface area contributed by atoms with Crippen LogP contribution in [0.25, 0.3) is 0 Å². The maximum absolute atomic E-state index is 12.1. The standard InChI is InChI=1S/C14H13ClN4O4/c1-9-2-5-13(20)18(17-9)7-6-16-14(21)11-8-10(15)3-4-12(11)19(22)23/h2-5,8H,6-7H2,1H3,(H,16,21). The topological polar surface area (TPSA) is 107 Å². The van der Waals surface area contributed by atoms with Crippen LogP contribution in [-0.4, -0.2) is 27.2 Å². The average molecular weight is 337 g/mol. The van der Waals surface area contributed by atoms with Gasteiger partial charge in [0.2, 0.25) is 0 Å². The van der Waals surface area contributed by atoms with Gasteiger partial charge < -0.3 is 5.32 Å². The highest BCUT2D eigenvalue weighted by molar-refractivity contribution is 6.31. The van der Waals surface area contributed by atoms with Gasteiger partial charge in [-0.25, -0.2) is 4.68 Å². The largest absolute Gasteiger partial charge is 0.350 e. The Hall–Kier alpha value is -2.74. The van der Waals surface area contributed by atoms with E-state index in [1.807, 2.05) is 0 Å². The van der Waals surface area contributed by atoms with Crippen molar-refractivity contribution in [1.29, 1.82) is 0 Å². The Morgan fingerprint density at radius 3 is 2.83 bits per heavy atom. The van der Waals surface area contributed by atoms with E-state index < -0.39 is 10.8 Å². The van der Waals surface area contributed by atoms with E-state index in [4.69, 9.17) is 11.6 Å². The number of rotatable bonds is 5. The van der Waals surface area contributed by atoms with E-state index in [1.165, 1.54) is 28.9 Å². The molecule has 0 aliphatic heterocycles. The Balaban J connectivity index is 2.08. The lowest BCUT2D eigenvalue weighted by Crippen LogP contribution is -2.32. The van der Waals surface area contributed by atoms with E-state index in [9.17, 15) is 19.7 Å². The molecule has 1 heterocycles. The SMILES string of the molecule is Cc1ccc(=O)n(CCNC(=O)c2cc(Cl)ccc2[N+](=O)[O-])n1. The molecule has 0 saturated carbocycles. The lowest BCUT2D eigenvalue weighted by atomic mass is 10.1. The van der Waals surface area contributed by atoms with Crippen molar-refractivity contribution < 1.29 is 9.72 Å². The van der Waals surface area contributed by atoms with Gasteiger partial charge in [-0.15, -0.1) is 0 Å². The molecule has 0 radical (unpaired) electrons. The molecule has 0 bridgehead atoms. The number of nitro groups is 1. The van der Waals surface area contributed by atoms with Crippen LogP contribution in [0.1, 0.15) is 16.1 Å². The number of benzene rings is 1. The maximum atomic E-state index is 12.1. The van der Waals surface area contributed by atoms with E-state index in [0.717, 1.165) is 0 Å². The fourth-order valence-corrected chi connectivity index (χ4v) is 2.10. The number of amides is 1. The van der Waals surface area contributed by atoms with Gasteiger partial charge in [-0.2, -0.15) is 5.10 Å². The molecular formula is C14H13ClN4O4. The smallest absolute Gasteiger partial charge is 0.282 e. The van der Waals surface area contributed by atoms with Gasteiger partial charge in [-0.1, -0.05) is 11.6 Å². The fourth-order valence-electron chi connectivity index (χ4n) is 1.93. The Morgan fingerprint density at radius 1 is 1.39 bits per heavy atom. The van der Waals surface area contributed by atoms with Crippen LogP contribution in [0.2, 0.25) is 5.02 Å². The minimum Gasteiger partial charge on any atom is -0.350 e. The zero-order chi connectivity index (χ0) is 17.0. The summed E-state index contributed by atoms with van der Waals surface area (Å²) >= 11 is 5.78. The van der Waals surface area contributed by atoms with E-state index in [1.54, 1.807) is 13.0 Å². The summed E-state index contributed by atoms with van der Waals surface area (Å²) in [5.74, 6) is -0.639. The molecular weight excluding hydrogens is 324 g/mol. The first kappa shape index (κ1) is 16.6. The Morgan fingerprint density at radius 2 is 2.13 bits per heavy atom. The zero-order valence-electron chi connectivity index (χ0n) is 12.2. The van der Waals surface area contributed by atoms with Crippen LogP contribution >= 0.6 is 11.6 Å². The third kappa shape index (κ3) is 4.13. The molecule has 2 rings (SSSR count). The number of hydrogen-bond acceptors (Lipinski definition) is 5. The molecule has 2 aromatic rings. The molecule has 0 fully saturated rings. The van der Waals surface area contributed by atoms with Gasteiger partial charge in [-0.3, -0.25) is 19.7 Å². The second-order valence-electron chi connectivity index (χ2n) is 4.71. The van der Waals surface area contributed by atoms with Crippen molar-refractivity contribution in [3.63, 3.8) is 0 Å². The van der Waals surface area contributed by atoms with E-state index in [-0.39, 0.29) is 34.9 Å². The van der Waals surface area contributed by atoms with E-state index in [0.29, 0.717) is 5.69 Å². The zero-order valence-corrected chi connectivity index (χ0v) is 12.9. The first-order valence-corrected chi connectivity index (χ1v) is 7.03. The highest BCUT2D eigenvalue weighted by atomic mass is 35.5. The van der Waals surface area contributed by atoms with Crippen LogP contribution in [0.15, 0.2) is 35.1 Å². The summed E-state index contributed by atoms with van der Waals surface area (Å²) in [6.45, 7) is 1.99. The molecule has 120 valence electrons. The molecule has 1 aromatic carbocycles. The molecule has 1 amide bonds. The van der Waals surface area contributed by atoms with Crippen molar-refractivity contribution in [2.24, 2.45) is 0 Å². The third-order valence-corrected chi connectivity index (χ3v) is 3.24. The summed E-state index contributed by atoms with van der Waals surface area (Å²) in [6, 6.07) is 6.71. The molecule has 0 saturated heterocycles. The molecule has 1 N–H and O–H groups in total. The predicted octanol–water partition coefficient (Wildman–Crippen LogP) is 1.54. The number of nitrogens with one attached hydrogen (secondary N) is 1. The van der Waals surface area contributed by atoms with E-state index in [2.05, 4.69) is 10.4 Å². The second-order valence-corrected chi connectivity index (χ2v) is 5.15. The minimum atomic E-state index is -0.655. The molecule has 0 spiro atoms. The van der Waals surface area contributed by atoms with Crippen LogP contribution in [0, 0.1) is 17.0 Å². The Kier molecular flexibility index (Phi) is 5.07. The number of nitro benzene ring substituents is 1.